The van der Waals surface area contributed by atoms with Gasteiger partial charge in [-0.2, -0.15) is 9.50 Å². The van der Waals surface area contributed by atoms with Crippen LogP contribution in [0.4, 0.5) is 5.69 Å². The molecule has 0 aliphatic rings. The first kappa shape index (κ1) is 17.2. The van der Waals surface area contributed by atoms with Crippen molar-refractivity contribution < 1.29 is 4.74 Å². The van der Waals surface area contributed by atoms with Gasteiger partial charge in [0, 0.05) is 19.8 Å². The van der Waals surface area contributed by atoms with Crippen LogP contribution in [0.1, 0.15) is 5.56 Å². The maximum atomic E-state index is 12.7. The summed E-state index contributed by atoms with van der Waals surface area (Å²) in [6, 6.07) is 15.5. The van der Waals surface area contributed by atoms with Gasteiger partial charge in [-0.25, -0.2) is 0 Å². The fourth-order valence-electron chi connectivity index (χ4n) is 2.80. The summed E-state index contributed by atoms with van der Waals surface area (Å²) in [4.78, 5) is 19.8. The van der Waals surface area contributed by atoms with Crippen molar-refractivity contribution in [3.63, 3.8) is 0 Å². The van der Waals surface area contributed by atoms with E-state index in [0.717, 1.165) is 16.8 Å². The second-order valence-corrected chi connectivity index (χ2v) is 7.24. The Bertz CT molecular complexity index is 1210. The van der Waals surface area contributed by atoms with Crippen LogP contribution in [0, 0.1) is 0 Å². The number of aromatic nitrogens is 3. The van der Waals surface area contributed by atoms with Crippen molar-refractivity contribution in [2.24, 2.45) is 0 Å². The highest BCUT2D eigenvalue weighted by Crippen LogP contribution is 2.27. The van der Waals surface area contributed by atoms with Crippen molar-refractivity contribution in [2.45, 2.75) is 0 Å². The van der Waals surface area contributed by atoms with Gasteiger partial charge in [0.25, 0.3) is 5.56 Å². The number of benzene rings is 2. The molecule has 0 spiro atoms. The highest BCUT2D eigenvalue weighted by atomic mass is 32.1. The third kappa shape index (κ3) is 3.17. The van der Waals surface area contributed by atoms with Crippen molar-refractivity contribution in [3.8, 4) is 17.1 Å². The maximum absolute atomic E-state index is 12.7. The number of nitrogens with zero attached hydrogens (tertiary/aromatic N) is 4. The number of hydrogen-bond donors (Lipinski definition) is 0. The van der Waals surface area contributed by atoms with Gasteiger partial charge in [0.2, 0.25) is 4.96 Å². The lowest BCUT2D eigenvalue weighted by molar-refractivity contribution is 0.416. The largest absolute Gasteiger partial charge is 0.496 e. The molecule has 2 heterocycles. The number of para-hydroxylation sites is 1. The zero-order chi connectivity index (χ0) is 19.0. The van der Waals surface area contributed by atoms with Gasteiger partial charge >= 0.3 is 0 Å². The maximum Gasteiger partial charge on any atom is 0.291 e. The summed E-state index contributed by atoms with van der Waals surface area (Å²) in [5, 5.41) is 4.39. The van der Waals surface area contributed by atoms with E-state index >= 15 is 0 Å². The first-order chi connectivity index (χ1) is 13.1. The van der Waals surface area contributed by atoms with Crippen LogP contribution in [0.3, 0.4) is 0 Å². The van der Waals surface area contributed by atoms with Crippen LogP contribution in [0.25, 0.3) is 22.4 Å². The zero-order valence-electron chi connectivity index (χ0n) is 15.2. The Kier molecular flexibility index (Phi) is 4.37. The van der Waals surface area contributed by atoms with Gasteiger partial charge in [-0.15, -0.1) is 5.10 Å². The summed E-state index contributed by atoms with van der Waals surface area (Å²) in [6.45, 7) is 0. The quantitative estimate of drug-likeness (QED) is 0.546. The van der Waals surface area contributed by atoms with E-state index in [4.69, 9.17) is 4.74 Å². The molecule has 0 saturated carbocycles. The predicted molar refractivity (Wildman–Crippen MR) is 109 cm³/mol. The molecular weight excluding hydrogens is 360 g/mol. The minimum absolute atomic E-state index is 0.166. The highest BCUT2D eigenvalue weighted by molar-refractivity contribution is 7.15. The van der Waals surface area contributed by atoms with Crippen molar-refractivity contribution in [1.82, 2.24) is 14.6 Å². The third-order valence-electron chi connectivity index (χ3n) is 4.24. The SMILES string of the molecule is COc1ccccc1-c1nc2sc(=Cc3ccc(N(C)C)cc3)c(=O)n2n1. The molecule has 0 amide bonds. The molecule has 7 heteroatoms. The van der Waals surface area contributed by atoms with E-state index in [1.165, 1.54) is 15.9 Å². The Balaban J connectivity index is 1.76. The molecule has 0 fully saturated rings. The lowest BCUT2D eigenvalue weighted by Crippen LogP contribution is -2.23. The van der Waals surface area contributed by atoms with Crippen LogP contribution in [0.2, 0.25) is 0 Å². The topological polar surface area (TPSA) is 59.7 Å². The van der Waals surface area contributed by atoms with E-state index in [2.05, 4.69) is 10.1 Å². The molecule has 0 aliphatic heterocycles. The summed E-state index contributed by atoms with van der Waals surface area (Å²) >= 11 is 1.33. The molecule has 4 aromatic rings. The standard InChI is InChI=1S/C20H18N4O2S/c1-23(2)14-10-8-13(9-11-14)12-17-19(25)24-20(27-17)21-18(22-24)15-6-4-5-7-16(15)26-3/h4-12H,1-3H3. The molecule has 0 radical (unpaired) electrons. The van der Waals surface area contributed by atoms with E-state index in [0.29, 0.717) is 21.1 Å². The minimum atomic E-state index is -0.166. The van der Waals surface area contributed by atoms with Gasteiger partial charge in [0.1, 0.15) is 5.75 Å². The Morgan fingerprint density at radius 1 is 1.11 bits per heavy atom. The molecule has 0 aliphatic carbocycles. The van der Waals surface area contributed by atoms with Gasteiger partial charge in [0.05, 0.1) is 17.2 Å². The average molecular weight is 378 g/mol. The van der Waals surface area contributed by atoms with Gasteiger partial charge in [-0.1, -0.05) is 35.6 Å². The van der Waals surface area contributed by atoms with Crippen LogP contribution < -0.4 is 19.7 Å². The number of hydrogen-bond acceptors (Lipinski definition) is 6. The molecule has 4 rings (SSSR count). The second-order valence-electron chi connectivity index (χ2n) is 6.23. The monoisotopic (exact) mass is 378 g/mol. The molecule has 0 N–H and O–H groups in total. The molecule has 6 nitrogen and oxygen atoms in total. The molecule has 0 bridgehead atoms. The number of ether oxygens (including phenoxy) is 1. The van der Waals surface area contributed by atoms with Crippen molar-refractivity contribution >= 4 is 28.1 Å². The number of thiazole rings is 1. The Morgan fingerprint density at radius 3 is 2.52 bits per heavy atom. The van der Waals surface area contributed by atoms with Crippen LogP contribution in [0.15, 0.2) is 53.3 Å². The van der Waals surface area contributed by atoms with Crippen LogP contribution in [0.5, 0.6) is 5.75 Å². The normalized spacial score (nSPS) is 11.9. The van der Waals surface area contributed by atoms with Crippen molar-refractivity contribution in [2.75, 3.05) is 26.1 Å². The Hall–Kier alpha value is -3.19. The fourth-order valence-corrected chi connectivity index (χ4v) is 3.71. The van der Waals surface area contributed by atoms with E-state index in [9.17, 15) is 4.79 Å². The molecule has 2 aromatic heterocycles. The molecule has 0 unspecified atom stereocenters. The van der Waals surface area contributed by atoms with E-state index in [-0.39, 0.29) is 5.56 Å². The van der Waals surface area contributed by atoms with Crippen LogP contribution in [-0.4, -0.2) is 35.8 Å². The molecule has 27 heavy (non-hydrogen) atoms. The number of methoxy groups -OCH3 is 1. The first-order valence-corrected chi connectivity index (χ1v) is 9.20. The predicted octanol–water partition coefficient (Wildman–Crippen LogP) is 2.44. The number of rotatable bonds is 4. The highest BCUT2D eigenvalue weighted by Gasteiger charge is 2.14. The van der Waals surface area contributed by atoms with Crippen LogP contribution >= 0.6 is 11.3 Å². The Labute approximate surface area is 160 Å². The van der Waals surface area contributed by atoms with Crippen molar-refractivity contribution in [3.05, 3.63) is 69.0 Å². The van der Waals surface area contributed by atoms with Gasteiger partial charge in [0.15, 0.2) is 5.82 Å². The number of anilines is 1. The summed E-state index contributed by atoms with van der Waals surface area (Å²) in [5.41, 5.74) is 2.67. The fraction of sp³-hybridized carbons (Fsp3) is 0.150. The minimum Gasteiger partial charge on any atom is -0.496 e. The molecule has 0 atom stereocenters. The molecule has 0 saturated heterocycles. The molecule has 2 aromatic carbocycles. The molecule has 136 valence electrons. The van der Waals surface area contributed by atoms with Gasteiger partial charge in [-0.3, -0.25) is 4.79 Å². The lowest BCUT2D eigenvalue weighted by atomic mass is 10.2. The van der Waals surface area contributed by atoms with Gasteiger partial charge < -0.3 is 9.64 Å². The van der Waals surface area contributed by atoms with E-state index in [1.807, 2.05) is 73.6 Å². The average Bonchev–Trinajstić information content (AvgIpc) is 3.22. The zero-order valence-corrected chi connectivity index (χ0v) is 16.0. The smallest absolute Gasteiger partial charge is 0.291 e. The first-order valence-electron chi connectivity index (χ1n) is 8.39. The summed E-state index contributed by atoms with van der Waals surface area (Å²) in [5.74, 6) is 1.16. The molecular formula is C20H18N4O2S. The Morgan fingerprint density at radius 2 is 1.85 bits per heavy atom. The second kappa shape index (κ2) is 6.85. The van der Waals surface area contributed by atoms with Crippen molar-refractivity contribution in [1.29, 1.82) is 0 Å². The summed E-state index contributed by atoms with van der Waals surface area (Å²) in [6.07, 6.45) is 1.87. The summed E-state index contributed by atoms with van der Waals surface area (Å²) in [7, 11) is 5.59. The third-order valence-corrected chi connectivity index (χ3v) is 5.20. The van der Waals surface area contributed by atoms with Gasteiger partial charge in [-0.05, 0) is 35.9 Å². The summed E-state index contributed by atoms with van der Waals surface area (Å²) < 4.78 is 7.32. The van der Waals surface area contributed by atoms with E-state index in [1.54, 1.807) is 7.11 Å². The van der Waals surface area contributed by atoms with E-state index < -0.39 is 0 Å². The van der Waals surface area contributed by atoms with Crippen LogP contribution in [-0.2, 0) is 0 Å². The lowest BCUT2D eigenvalue weighted by Gasteiger charge is -2.11. The number of fused-ring (bicyclic) bond motifs is 1.